The molecule has 0 unspecified atom stereocenters. The minimum absolute atomic E-state index is 0.364. The number of ether oxygens (including phenoxy) is 1. The monoisotopic (exact) mass is 368 g/mol. The number of anilines is 1. The van der Waals surface area contributed by atoms with E-state index in [1.165, 1.54) is 29.2 Å². The number of aryl methyl sites for hydroxylation is 1. The molecule has 0 spiro atoms. The molecule has 1 heterocycles. The molecule has 0 aliphatic carbocycles. The van der Waals surface area contributed by atoms with Crippen LogP contribution in [0.4, 0.5) is 10.1 Å². The maximum absolute atomic E-state index is 13.1. The molecule has 0 aliphatic heterocycles. The molecule has 3 rings (SSSR count). The number of aromatic nitrogens is 1. The Hall–Kier alpha value is -3.15. The molecule has 0 saturated carbocycles. The topological polar surface area (TPSA) is 51.5 Å². The van der Waals surface area contributed by atoms with Crippen molar-refractivity contribution in [3.8, 4) is 0 Å². The van der Waals surface area contributed by atoms with Crippen molar-refractivity contribution in [1.82, 2.24) is 4.57 Å². The molecule has 6 heteroatoms. The van der Waals surface area contributed by atoms with Crippen molar-refractivity contribution in [2.75, 3.05) is 18.1 Å². The van der Waals surface area contributed by atoms with Gasteiger partial charge in [-0.1, -0.05) is 18.2 Å². The molecule has 1 amide bonds. The van der Waals surface area contributed by atoms with Crippen molar-refractivity contribution >= 4 is 28.5 Å². The molecule has 0 radical (unpaired) electrons. The van der Waals surface area contributed by atoms with Crippen LogP contribution in [-0.2, 0) is 16.1 Å². The number of esters is 1. The van der Waals surface area contributed by atoms with Crippen LogP contribution in [0.2, 0.25) is 0 Å². The fraction of sp³-hybridized carbons (Fsp3) is 0.238. The molecular formula is C21H21FN2O3. The van der Waals surface area contributed by atoms with Gasteiger partial charge < -0.3 is 14.2 Å². The first-order valence-corrected chi connectivity index (χ1v) is 8.86. The highest BCUT2D eigenvalue weighted by Gasteiger charge is 2.19. The van der Waals surface area contributed by atoms with E-state index in [-0.39, 0.29) is 18.3 Å². The fourth-order valence-electron chi connectivity index (χ4n) is 3.08. The Labute approximate surface area is 157 Å². The van der Waals surface area contributed by atoms with E-state index >= 15 is 0 Å². The lowest BCUT2D eigenvalue weighted by Crippen LogP contribution is -2.34. The number of carbonyl (C=O) groups excluding carboxylic acids is 2. The van der Waals surface area contributed by atoms with Crippen LogP contribution in [0.3, 0.4) is 0 Å². The van der Waals surface area contributed by atoms with Crippen LogP contribution in [0, 0.1) is 5.82 Å². The molecule has 3 aromatic rings. The highest BCUT2D eigenvalue weighted by atomic mass is 19.1. The Balaban J connectivity index is 1.73. The van der Waals surface area contributed by atoms with Gasteiger partial charge in [-0.15, -0.1) is 0 Å². The molecule has 0 atom stereocenters. The maximum atomic E-state index is 13.1. The number of benzene rings is 2. The van der Waals surface area contributed by atoms with Crippen molar-refractivity contribution in [3.63, 3.8) is 0 Å². The molecule has 2 aromatic carbocycles. The molecule has 0 bridgehead atoms. The van der Waals surface area contributed by atoms with Gasteiger partial charge in [-0.2, -0.15) is 0 Å². The molecule has 0 fully saturated rings. The van der Waals surface area contributed by atoms with Crippen LogP contribution in [-0.4, -0.2) is 29.6 Å². The highest BCUT2D eigenvalue weighted by Crippen LogP contribution is 2.22. The smallest absolute Gasteiger partial charge is 0.340 e. The predicted octanol–water partition coefficient (Wildman–Crippen LogP) is 4.01. The van der Waals surface area contributed by atoms with Crippen molar-refractivity contribution in [3.05, 3.63) is 66.1 Å². The Morgan fingerprint density at radius 2 is 1.78 bits per heavy atom. The lowest BCUT2D eigenvalue weighted by atomic mass is 10.2. The molecule has 0 saturated heterocycles. The third-order valence-corrected chi connectivity index (χ3v) is 4.43. The van der Waals surface area contributed by atoms with E-state index in [2.05, 4.69) is 0 Å². The SMILES string of the molecule is CCN(C(=O)COC(=O)c1cn(CC)c2ccccc12)c1ccc(F)cc1. The van der Waals surface area contributed by atoms with Gasteiger partial charge in [0, 0.05) is 35.9 Å². The van der Waals surface area contributed by atoms with Crippen molar-refractivity contribution in [2.45, 2.75) is 20.4 Å². The molecule has 0 aliphatic rings. The zero-order chi connectivity index (χ0) is 19.4. The van der Waals surface area contributed by atoms with Crippen LogP contribution in [0.5, 0.6) is 0 Å². The summed E-state index contributed by atoms with van der Waals surface area (Å²) in [4.78, 5) is 26.4. The lowest BCUT2D eigenvalue weighted by Gasteiger charge is -2.20. The van der Waals surface area contributed by atoms with Gasteiger partial charge in [-0.25, -0.2) is 9.18 Å². The zero-order valence-corrected chi connectivity index (χ0v) is 15.3. The van der Waals surface area contributed by atoms with Crippen LogP contribution in [0.25, 0.3) is 10.9 Å². The largest absolute Gasteiger partial charge is 0.452 e. The average Bonchev–Trinajstić information content (AvgIpc) is 3.07. The minimum Gasteiger partial charge on any atom is -0.452 e. The van der Waals surface area contributed by atoms with Gasteiger partial charge in [0.2, 0.25) is 0 Å². The molecule has 5 nitrogen and oxygen atoms in total. The highest BCUT2D eigenvalue weighted by molar-refractivity contribution is 6.05. The average molecular weight is 368 g/mol. The zero-order valence-electron chi connectivity index (χ0n) is 15.3. The molecular weight excluding hydrogens is 347 g/mol. The van der Waals surface area contributed by atoms with E-state index < -0.39 is 5.97 Å². The van der Waals surface area contributed by atoms with Gasteiger partial charge in [0.1, 0.15) is 5.82 Å². The van der Waals surface area contributed by atoms with Gasteiger partial charge in [0.15, 0.2) is 6.61 Å². The van der Waals surface area contributed by atoms with E-state index in [4.69, 9.17) is 4.74 Å². The summed E-state index contributed by atoms with van der Waals surface area (Å²) in [7, 11) is 0. The Morgan fingerprint density at radius 3 is 2.44 bits per heavy atom. The number of nitrogens with zero attached hydrogens (tertiary/aromatic N) is 2. The van der Waals surface area contributed by atoms with Crippen LogP contribution < -0.4 is 4.90 Å². The van der Waals surface area contributed by atoms with Crippen LogP contribution in [0.15, 0.2) is 54.7 Å². The van der Waals surface area contributed by atoms with Gasteiger partial charge in [-0.05, 0) is 44.2 Å². The number of para-hydroxylation sites is 1. The summed E-state index contributed by atoms with van der Waals surface area (Å²) >= 11 is 0. The van der Waals surface area contributed by atoms with Crippen LogP contribution >= 0.6 is 0 Å². The Bertz CT molecular complexity index is 963. The van der Waals surface area contributed by atoms with Gasteiger partial charge in [0.05, 0.1) is 5.56 Å². The van der Waals surface area contributed by atoms with Crippen molar-refractivity contribution < 1.29 is 18.7 Å². The Kier molecular flexibility index (Phi) is 5.54. The van der Waals surface area contributed by atoms with E-state index in [0.29, 0.717) is 17.8 Å². The second-order valence-corrected chi connectivity index (χ2v) is 6.04. The molecule has 140 valence electrons. The van der Waals surface area contributed by atoms with Crippen LogP contribution in [0.1, 0.15) is 24.2 Å². The number of carbonyl (C=O) groups is 2. The first-order chi connectivity index (χ1) is 13.0. The quantitative estimate of drug-likeness (QED) is 0.618. The summed E-state index contributed by atoms with van der Waals surface area (Å²) in [5, 5.41) is 0.794. The fourth-order valence-corrected chi connectivity index (χ4v) is 3.08. The summed E-state index contributed by atoms with van der Waals surface area (Å²) in [6.45, 7) is 4.53. The van der Waals surface area contributed by atoms with E-state index in [1.807, 2.05) is 35.8 Å². The summed E-state index contributed by atoms with van der Waals surface area (Å²) in [5.74, 6) is -1.28. The van der Waals surface area contributed by atoms with Gasteiger partial charge >= 0.3 is 5.97 Å². The molecule has 0 N–H and O–H groups in total. The van der Waals surface area contributed by atoms with Gasteiger partial charge in [-0.3, -0.25) is 4.79 Å². The third kappa shape index (κ3) is 3.84. The second-order valence-electron chi connectivity index (χ2n) is 6.04. The first-order valence-electron chi connectivity index (χ1n) is 8.86. The van der Waals surface area contributed by atoms with E-state index in [0.717, 1.165) is 17.4 Å². The number of fused-ring (bicyclic) bond motifs is 1. The van der Waals surface area contributed by atoms with E-state index in [1.54, 1.807) is 13.1 Å². The van der Waals surface area contributed by atoms with Gasteiger partial charge in [0.25, 0.3) is 5.91 Å². The summed E-state index contributed by atoms with van der Waals surface area (Å²) in [5.41, 5.74) is 1.94. The summed E-state index contributed by atoms with van der Waals surface area (Å²) in [6, 6.07) is 13.2. The van der Waals surface area contributed by atoms with Crippen molar-refractivity contribution in [1.29, 1.82) is 0 Å². The molecule has 1 aromatic heterocycles. The number of hydrogen-bond donors (Lipinski definition) is 0. The minimum atomic E-state index is -0.540. The lowest BCUT2D eigenvalue weighted by molar-refractivity contribution is -0.121. The number of rotatable bonds is 6. The third-order valence-electron chi connectivity index (χ3n) is 4.43. The number of halogens is 1. The normalized spacial score (nSPS) is 10.8. The van der Waals surface area contributed by atoms with Crippen molar-refractivity contribution in [2.24, 2.45) is 0 Å². The Morgan fingerprint density at radius 1 is 1.07 bits per heavy atom. The first kappa shape index (κ1) is 18.6. The molecule has 27 heavy (non-hydrogen) atoms. The predicted molar refractivity (Wildman–Crippen MR) is 102 cm³/mol. The standard InChI is InChI=1S/C21H21FN2O3/c1-3-23-13-18(17-7-5-6-8-19(17)23)21(26)27-14-20(25)24(4-2)16-11-9-15(22)10-12-16/h5-13H,3-4,14H2,1-2H3. The number of likely N-dealkylation sites (N-methyl/N-ethyl adjacent to an activating group) is 1. The summed E-state index contributed by atoms with van der Waals surface area (Å²) < 4.78 is 20.3. The number of hydrogen-bond acceptors (Lipinski definition) is 3. The van der Waals surface area contributed by atoms with E-state index in [9.17, 15) is 14.0 Å². The number of amides is 1. The summed E-state index contributed by atoms with van der Waals surface area (Å²) in [6.07, 6.45) is 1.75. The maximum Gasteiger partial charge on any atom is 0.340 e. The second kappa shape index (κ2) is 8.03.